The molecule has 5 nitrogen and oxygen atoms in total. The largest absolute Gasteiger partial charge is 0.379 e. The lowest BCUT2D eigenvalue weighted by Gasteiger charge is -2.07. The van der Waals surface area contributed by atoms with E-state index in [2.05, 4.69) is 9.97 Å². The summed E-state index contributed by atoms with van der Waals surface area (Å²) >= 11 is 5.74. The molecule has 0 aliphatic rings. The van der Waals surface area contributed by atoms with Gasteiger partial charge >= 0.3 is 10.1 Å². The summed E-state index contributed by atoms with van der Waals surface area (Å²) in [5.41, 5.74) is 1.32. The summed E-state index contributed by atoms with van der Waals surface area (Å²) in [4.78, 5) is 6.94. The maximum atomic E-state index is 12.2. The fraction of sp³-hybridized carbons (Fsp3) is 0. The van der Waals surface area contributed by atoms with E-state index in [4.69, 9.17) is 15.8 Å². The molecule has 3 rings (SSSR count). The molecule has 20 heavy (non-hydrogen) atoms. The highest BCUT2D eigenvalue weighted by molar-refractivity contribution is 7.87. The van der Waals surface area contributed by atoms with E-state index in [9.17, 15) is 8.42 Å². The summed E-state index contributed by atoms with van der Waals surface area (Å²) in [6, 6.07) is 10.7. The maximum Gasteiger partial charge on any atom is 0.339 e. The van der Waals surface area contributed by atoms with E-state index < -0.39 is 10.1 Å². The van der Waals surface area contributed by atoms with Gasteiger partial charge in [0.15, 0.2) is 0 Å². The Morgan fingerprint density at radius 2 is 1.85 bits per heavy atom. The molecule has 0 saturated heterocycles. The fourth-order valence-electron chi connectivity index (χ4n) is 1.74. The monoisotopic (exact) mass is 308 g/mol. The van der Waals surface area contributed by atoms with Crippen molar-refractivity contribution in [2.45, 2.75) is 4.90 Å². The van der Waals surface area contributed by atoms with Gasteiger partial charge in [0.2, 0.25) is 0 Å². The van der Waals surface area contributed by atoms with E-state index in [1.54, 1.807) is 18.2 Å². The summed E-state index contributed by atoms with van der Waals surface area (Å²) in [5.74, 6) is 0.208. The minimum Gasteiger partial charge on any atom is -0.379 e. The Labute approximate surface area is 120 Å². The molecule has 0 radical (unpaired) electrons. The zero-order chi connectivity index (χ0) is 14.2. The number of halogens is 1. The predicted octanol–water partition coefficient (Wildman–Crippen LogP) is 2.98. The molecule has 0 aliphatic carbocycles. The van der Waals surface area contributed by atoms with E-state index in [0.29, 0.717) is 16.1 Å². The van der Waals surface area contributed by atoms with Crippen molar-refractivity contribution in [1.29, 1.82) is 0 Å². The van der Waals surface area contributed by atoms with Crippen molar-refractivity contribution in [3.63, 3.8) is 0 Å². The number of nitrogens with zero attached hydrogens (tertiary/aromatic N) is 1. The Kier molecular flexibility index (Phi) is 3.11. The van der Waals surface area contributed by atoms with Gasteiger partial charge in [0.1, 0.15) is 10.6 Å². The van der Waals surface area contributed by atoms with Gasteiger partial charge in [-0.2, -0.15) is 8.42 Å². The number of rotatable bonds is 3. The van der Waals surface area contributed by atoms with Crippen molar-refractivity contribution >= 4 is 32.8 Å². The first-order valence-corrected chi connectivity index (χ1v) is 7.46. The van der Waals surface area contributed by atoms with Crippen LogP contribution in [0.25, 0.3) is 11.0 Å². The zero-order valence-electron chi connectivity index (χ0n) is 10.1. The van der Waals surface area contributed by atoms with Gasteiger partial charge < -0.3 is 9.17 Å². The molecule has 1 heterocycles. The Morgan fingerprint density at radius 1 is 1.10 bits per heavy atom. The van der Waals surface area contributed by atoms with Crippen molar-refractivity contribution in [2.75, 3.05) is 0 Å². The molecule has 0 fully saturated rings. The Balaban J connectivity index is 1.96. The van der Waals surface area contributed by atoms with Crippen LogP contribution in [0.3, 0.4) is 0 Å². The molecule has 3 aromatic rings. The van der Waals surface area contributed by atoms with Crippen LogP contribution in [0.4, 0.5) is 0 Å². The van der Waals surface area contributed by atoms with Gasteiger partial charge in [0.05, 0.1) is 17.4 Å². The predicted molar refractivity (Wildman–Crippen MR) is 75.4 cm³/mol. The molecule has 102 valence electrons. The SMILES string of the molecule is O=S(=O)(Oc1ccc(Cl)cc1)c1ccc2nc[nH]c2c1. The van der Waals surface area contributed by atoms with Crippen LogP contribution in [0.2, 0.25) is 5.02 Å². The number of aromatic nitrogens is 2. The van der Waals surface area contributed by atoms with Gasteiger partial charge in [-0.05, 0) is 42.5 Å². The molecule has 0 bridgehead atoms. The smallest absolute Gasteiger partial charge is 0.339 e. The van der Waals surface area contributed by atoms with Gasteiger partial charge in [-0.3, -0.25) is 0 Å². The normalized spacial score (nSPS) is 11.7. The molecular formula is C13H9ClN2O3S. The van der Waals surface area contributed by atoms with Crippen LogP contribution in [0.1, 0.15) is 0 Å². The lowest BCUT2D eigenvalue weighted by Crippen LogP contribution is -2.09. The quantitative estimate of drug-likeness (QED) is 0.755. The fourth-order valence-corrected chi connectivity index (χ4v) is 2.82. The summed E-state index contributed by atoms with van der Waals surface area (Å²) in [5, 5.41) is 0.508. The van der Waals surface area contributed by atoms with Crippen LogP contribution in [0, 0.1) is 0 Å². The topological polar surface area (TPSA) is 72.1 Å². The highest BCUT2D eigenvalue weighted by Crippen LogP contribution is 2.22. The Bertz CT molecular complexity index is 857. The second kappa shape index (κ2) is 4.81. The van der Waals surface area contributed by atoms with Crippen molar-refractivity contribution in [3.05, 3.63) is 53.8 Å². The summed E-state index contributed by atoms with van der Waals surface area (Å²) in [7, 11) is -3.89. The zero-order valence-corrected chi connectivity index (χ0v) is 11.6. The highest BCUT2D eigenvalue weighted by atomic mass is 35.5. The van der Waals surface area contributed by atoms with Crippen LogP contribution in [-0.2, 0) is 10.1 Å². The summed E-state index contributed by atoms with van der Waals surface area (Å²) in [6.07, 6.45) is 1.50. The molecule has 2 aromatic carbocycles. The van der Waals surface area contributed by atoms with E-state index >= 15 is 0 Å². The van der Waals surface area contributed by atoms with E-state index in [-0.39, 0.29) is 10.6 Å². The van der Waals surface area contributed by atoms with Crippen LogP contribution in [-0.4, -0.2) is 18.4 Å². The van der Waals surface area contributed by atoms with Gasteiger partial charge in [-0.1, -0.05) is 11.6 Å². The molecule has 0 amide bonds. The molecule has 0 spiro atoms. The average Bonchev–Trinajstić information content (AvgIpc) is 2.88. The second-order valence-corrected chi connectivity index (χ2v) is 6.06. The van der Waals surface area contributed by atoms with Gasteiger partial charge in [-0.25, -0.2) is 4.98 Å². The molecule has 0 atom stereocenters. The van der Waals surface area contributed by atoms with Gasteiger partial charge in [0, 0.05) is 5.02 Å². The third kappa shape index (κ3) is 2.48. The molecular weight excluding hydrogens is 300 g/mol. The number of benzene rings is 2. The van der Waals surface area contributed by atoms with Crippen LogP contribution in [0.15, 0.2) is 53.7 Å². The molecule has 1 N–H and O–H groups in total. The molecule has 1 aromatic heterocycles. The number of hydrogen-bond acceptors (Lipinski definition) is 4. The lowest BCUT2D eigenvalue weighted by molar-refractivity contribution is 0.486. The van der Waals surface area contributed by atoms with E-state index in [1.165, 1.54) is 30.6 Å². The van der Waals surface area contributed by atoms with E-state index in [0.717, 1.165) is 0 Å². The first-order chi connectivity index (χ1) is 9.54. The average molecular weight is 309 g/mol. The van der Waals surface area contributed by atoms with Crippen LogP contribution >= 0.6 is 11.6 Å². The Hall–Kier alpha value is -2.05. The van der Waals surface area contributed by atoms with E-state index in [1.807, 2.05) is 0 Å². The minimum atomic E-state index is -3.89. The van der Waals surface area contributed by atoms with Crippen LogP contribution in [0.5, 0.6) is 5.75 Å². The molecule has 0 saturated carbocycles. The standard InChI is InChI=1S/C13H9ClN2O3S/c14-9-1-3-10(4-2-9)19-20(17,18)11-5-6-12-13(7-11)16-8-15-12/h1-8H,(H,15,16). The number of H-pyrrole nitrogens is 1. The second-order valence-electron chi connectivity index (χ2n) is 4.07. The number of imidazole rings is 1. The number of hydrogen-bond donors (Lipinski definition) is 1. The summed E-state index contributed by atoms with van der Waals surface area (Å²) < 4.78 is 29.4. The number of fused-ring (bicyclic) bond motifs is 1. The number of aromatic amines is 1. The molecule has 0 aliphatic heterocycles. The highest BCUT2D eigenvalue weighted by Gasteiger charge is 2.17. The third-order valence-corrected chi connectivity index (χ3v) is 4.20. The molecule has 0 unspecified atom stereocenters. The van der Waals surface area contributed by atoms with Crippen molar-refractivity contribution in [2.24, 2.45) is 0 Å². The van der Waals surface area contributed by atoms with Crippen molar-refractivity contribution < 1.29 is 12.6 Å². The maximum absolute atomic E-state index is 12.2. The number of nitrogens with one attached hydrogen (secondary N) is 1. The minimum absolute atomic E-state index is 0.0594. The first-order valence-electron chi connectivity index (χ1n) is 5.68. The Morgan fingerprint density at radius 3 is 2.60 bits per heavy atom. The molecule has 7 heteroatoms. The van der Waals surface area contributed by atoms with Crippen molar-refractivity contribution in [3.8, 4) is 5.75 Å². The van der Waals surface area contributed by atoms with Gasteiger partial charge in [0.25, 0.3) is 0 Å². The third-order valence-electron chi connectivity index (χ3n) is 2.70. The van der Waals surface area contributed by atoms with Crippen LogP contribution < -0.4 is 4.18 Å². The van der Waals surface area contributed by atoms with Gasteiger partial charge in [-0.15, -0.1) is 0 Å². The first kappa shape index (κ1) is 13.0. The summed E-state index contributed by atoms with van der Waals surface area (Å²) in [6.45, 7) is 0. The van der Waals surface area contributed by atoms with Crippen molar-refractivity contribution in [1.82, 2.24) is 9.97 Å². The lowest BCUT2D eigenvalue weighted by atomic mass is 10.3.